The van der Waals surface area contributed by atoms with E-state index in [0.717, 1.165) is 34.2 Å². The molecule has 0 amide bonds. The van der Waals surface area contributed by atoms with E-state index < -0.39 is 0 Å². The monoisotopic (exact) mass is 335 g/mol. The van der Waals surface area contributed by atoms with Gasteiger partial charge < -0.3 is 9.14 Å². The first kappa shape index (κ1) is 17.3. The highest BCUT2D eigenvalue weighted by Gasteiger charge is 2.20. The highest BCUT2D eigenvalue weighted by atomic mass is 16.5. The van der Waals surface area contributed by atoms with E-state index in [4.69, 9.17) is 4.74 Å². The van der Waals surface area contributed by atoms with Gasteiger partial charge in [-0.3, -0.25) is 4.79 Å². The second kappa shape index (κ2) is 6.40. The van der Waals surface area contributed by atoms with Crippen molar-refractivity contribution in [2.24, 2.45) is 0 Å². The fourth-order valence-corrected chi connectivity index (χ4v) is 3.19. The lowest BCUT2D eigenvalue weighted by Crippen LogP contribution is -2.11. The van der Waals surface area contributed by atoms with Gasteiger partial charge in [0, 0.05) is 22.8 Å². The van der Waals surface area contributed by atoms with Crippen molar-refractivity contribution in [3.63, 3.8) is 0 Å². The molecule has 1 aromatic carbocycles. The molecule has 0 aliphatic rings. The number of hydrogen-bond acceptors (Lipinski definition) is 2. The smallest absolute Gasteiger partial charge is 0.167 e. The summed E-state index contributed by atoms with van der Waals surface area (Å²) in [6.07, 6.45) is 2.87. The van der Waals surface area contributed by atoms with E-state index in [2.05, 4.69) is 52.0 Å². The molecule has 0 atom stereocenters. The summed E-state index contributed by atoms with van der Waals surface area (Å²) in [5.41, 5.74) is 5.97. The number of rotatable bonds is 4. The van der Waals surface area contributed by atoms with Crippen molar-refractivity contribution in [2.75, 3.05) is 6.61 Å². The van der Waals surface area contributed by atoms with Crippen molar-refractivity contribution in [3.8, 4) is 16.9 Å². The molecule has 0 saturated heterocycles. The molecule has 0 unspecified atom stereocenters. The molecule has 0 spiro atoms. The van der Waals surface area contributed by atoms with Gasteiger partial charge in [0.25, 0.3) is 0 Å². The Labute approximate surface area is 149 Å². The number of aromatic nitrogens is 1. The highest BCUT2D eigenvalue weighted by molar-refractivity contribution is 5.92. The number of hydrogen-bond donors (Lipinski definition) is 0. The molecule has 3 nitrogen and oxygen atoms in total. The normalized spacial score (nSPS) is 11.7. The zero-order valence-electron chi connectivity index (χ0n) is 15.6. The molecular formula is C22H25NO2. The lowest BCUT2D eigenvalue weighted by Gasteiger charge is -2.21. The van der Waals surface area contributed by atoms with Gasteiger partial charge in [-0.25, -0.2) is 0 Å². The average Bonchev–Trinajstić information content (AvgIpc) is 2.94. The molecular weight excluding hydrogens is 310 g/mol. The fraction of sp³-hybridized carbons (Fsp3) is 0.318. The maximum Gasteiger partial charge on any atom is 0.167 e. The summed E-state index contributed by atoms with van der Waals surface area (Å²) in [5, 5.41) is 0. The topological polar surface area (TPSA) is 30.7 Å². The van der Waals surface area contributed by atoms with Crippen LogP contribution >= 0.6 is 0 Å². The van der Waals surface area contributed by atoms with Crippen LogP contribution in [0.15, 0.2) is 42.6 Å². The van der Waals surface area contributed by atoms with Gasteiger partial charge in [-0.05, 0) is 54.7 Å². The molecule has 25 heavy (non-hydrogen) atoms. The van der Waals surface area contributed by atoms with E-state index in [1.165, 1.54) is 5.56 Å². The van der Waals surface area contributed by atoms with E-state index in [1.54, 1.807) is 0 Å². The van der Waals surface area contributed by atoms with Gasteiger partial charge in [-0.1, -0.05) is 32.9 Å². The van der Waals surface area contributed by atoms with Crippen molar-refractivity contribution in [3.05, 3.63) is 59.4 Å². The van der Waals surface area contributed by atoms with Crippen LogP contribution in [0.1, 0.15) is 49.3 Å². The van der Waals surface area contributed by atoms with E-state index in [-0.39, 0.29) is 5.41 Å². The molecule has 0 radical (unpaired) electrons. The van der Waals surface area contributed by atoms with Gasteiger partial charge in [0.15, 0.2) is 6.29 Å². The number of fused-ring (bicyclic) bond motifs is 1. The number of aryl methyl sites for hydroxylation is 1. The SMILES string of the molecule is CCOc1ccc(C(C)(C)C)cc1-c1cc2c(C)cccn2c1C=O. The maximum absolute atomic E-state index is 11.9. The van der Waals surface area contributed by atoms with Crippen LogP contribution in [0.5, 0.6) is 5.75 Å². The van der Waals surface area contributed by atoms with Gasteiger partial charge >= 0.3 is 0 Å². The van der Waals surface area contributed by atoms with Crippen LogP contribution in [0, 0.1) is 6.92 Å². The van der Waals surface area contributed by atoms with Crippen LogP contribution in [-0.4, -0.2) is 17.3 Å². The number of benzene rings is 1. The van der Waals surface area contributed by atoms with E-state index in [1.807, 2.05) is 29.7 Å². The molecule has 0 bridgehead atoms. The van der Waals surface area contributed by atoms with Gasteiger partial charge in [0.05, 0.1) is 12.3 Å². The van der Waals surface area contributed by atoms with Crippen molar-refractivity contribution < 1.29 is 9.53 Å². The lowest BCUT2D eigenvalue weighted by molar-refractivity contribution is 0.111. The third-order valence-electron chi connectivity index (χ3n) is 4.61. The molecule has 0 saturated carbocycles. The number of aldehydes is 1. The predicted molar refractivity (Wildman–Crippen MR) is 103 cm³/mol. The maximum atomic E-state index is 11.9. The molecule has 2 aromatic heterocycles. The number of ether oxygens (including phenoxy) is 1. The quantitative estimate of drug-likeness (QED) is 0.596. The summed E-state index contributed by atoms with van der Waals surface area (Å²) >= 11 is 0. The zero-order valence-corrected chi connectivity index (χ0v) is 15.6. The van der Waals surface area contributed by atoms with Gasteiger partial charge in [0.2, 0.25) is 0 Å². The molecule has 0 aliphatic carbocycles. The van der Waals surface area contributed by atoms with Crippen molar-refractivity contribution >= 4 is 11.8 Å². The number of carbonyl (C=O) groups is 1. The van der Waals surface area contributed by atoms with Crippen molar-refractivity contribution in [1.82, 2.24) is 4.40 Å². The summed E-state index contributed by atoms with van der Waals surface area (Å²) in [4.78, 5) is 11.9. The van der Waals surface area contributed by atoms with E-state index in [0.29, 0.717) is 12.3 Å². The first-order valence-corrected chi connectivity index (χ1v) is 8.70. The Morgan fingerprint density at radius 1 is 1.12 bits per heavy atom. The van der Waals surface area contributed by atoms with Crippen LogP contribution in [-0.2, 0) is 5.41 Å². The molecule has 2 heterocycles. The fourth-order valence-electron chi connectivity index (χ4n) is 3.19. The second-order valence-corrected chi connectivity index (χ2v) is 7.40. The Balaban J connectivity index is 2.33. The number of pyridine rings is 1. The minimum Gasteiger partial charge on any atom is -0.493 e. The van der Waals surface area contributed by atoms with Crippen LogP contribution in [0.25, 0.3) is 16.6 Å². The van der Waals surface area contributed by atoms with Crippen molar-refractivity contribution in [2.45, 2.75) is 40.0 Å². The Hall–Kier alpha value is -2.55. The Morgan fingerprint density at radius 2 is 1.88 bits per heavy atom. The van der Waals surface area contributed by atoms with Crippen LogP contribution < -0.4 is 4.74 Å². The molecule has 0 fully saturated rings. The van der Waals surface area contributed by atoms with Gasteiger partial charge in [-0.15, -0.1) is 0 Å². The molecule has 3 rings (SSSR count). The zero-order chi connectivity index (χ0) is 18.2. The summed E-state index contributed by atoms with van der Waals surface area (Å²) in [6.45, 7) is 11.2. The summed E-state index contributed by atoms with van der Waals surface area (Å²) < 4.78 is 7.82. The number of nitrogens with zero attached hydrogens (tertiary/aromatic N) is 1. The summed E-state index contributed by atoms with van der Waals surface area (Å²) in [5.74, 6) is 0.812. The molecule has 130 valence electrons. The minimum absolute atomic E-state index is 0.0237. The average molecular weight is 335 g/mol. The summed E-state index contributed by atoms with van der Waals surface area (Å²) in [7, 11) is 0. The first-order valence-electron chi connectivity index (χ1n) is 8.70. The Morgan fingerprint density at radius 3 is 2.52 bits per heavy atom. The van der Waals surface area contributed by atoms with E-state index >= 15 is 0 Å². The predicted octanol–water partition coefficient (Wildman–Crippen LogP) is 5.42. The minimum atomic E-state index is 0.0237. The first-order chi connectivity index (χ1) is 11.9. The molecule has 3 heteroatoms. The second-order valence-electron chi connectivity index (χ2n) is 7.40. The third-order valence-corrected chi connectivity index (χ3v) is 4.61. The van der Waals surface area contributed by atoms with Crippen molar-refractivity contribution in [1.29, 1.82) is 0 Å². The Kier molecular flexibility index (Phi) is 4.42. The molecule has 0 N–H and O–H groups in total. The Bertz CT molecular complexity index is 929. The number of carbonyl (C=O) groups excluding carboxylic acids is 1. The largest absolute Gasteiger partial charge is 0.493 e. The molecule has 0 aliphatic heterocycles. The third kappa shape index (κ3) is 3.07. The van der Waals surface area contributed by atoms with Gasteiger partial charge in [-0.2, -0.15) is 0 Å². The standard InChI is InChI=1S/C22H25NO2/c1-6-25-21-10-9-16(22(3,4)5)12-18(21)17-13-19-15(2)8-7-11-23(19)20(17)14-24/h7-14H,6H2,1-5H3. The molecule has 3 aromatic rings. The summed E-state index contributed by atoms with van der Waals surface area (Å²) in [6, 6.07) is 12.4. The van der Waals surface area contributed by atoms with Crippen LogP contribution in [0.4, 0.5) is 0 Å². The van der Waals surface area contributed by atoms with E-state index in [9.17, 15) is 4.79 Å². The lowest BCUT2D eigenvalue weighted by atomic mass is 9.85. The van der Waals surface area contributed by atoms with Gasteiger partial charge in [0.1, 0.15) is 5.75 Å². The highest BCUT2D eigenvalue weighted by Crippen LogP contribution is 2.38. The van der Waals surface area contributed by atoms with Crippen LogP contribution in [0.3, 0.4) is 0 Å². The van der Waals surface area contributed by atoms with Crippen LogP contribution in [0.2, 0.25) is 0 Å².